The van der Waals surface area contributed by atoms with Gasteiger partial charge in [0.1, 0.15) is 12.6 Å². The summed E-state index contributed by atoms with van der Waals surface area (Å²) < 4.78 is 29.1. The molecule has 0 unspecified atom stereocenters. The van der Waals surface area contributed by atoms with Gasteiger partial charge in [0.2, 0.25) is 11.8 Å². The van der Waals surface area contributed by atoms with Crippen LogP contribution in [0.2, 0.25) is 5.02 Å². The number of rotatable bonds is 13. The normalized spacial score (nSPS) is 12.6. The second kappa shape index (κ2) is 15.0. The first-order valence-corrected chi connectivity index (χ1v) is 16.4. The number of carbonyl (C=O) groups is 2. The van der Waals surface area contributed by atoms with E-state index in [4.69, 9.17) is 11.6 Å². The van der Waals surface area contributed by atoms with Crippen molar-refractivity contribution in [2.45, 2.75) is 57.1 Å². The molecule has 2 atom stereocenters. The molecule has 0 saturated heterocycles. The van der Waals surface area contributed by atoms with E-state index >= 15 is 0 Å². The number of halogens is 1. The Labute approximate surface area is 265 Å². The molecule has 0 heterocycles. The Hall–Kier alpha value is -4.14. The minimum Gasteiger partial charge on any atom is -0.352 e. The zero-order chi connectivity index (χ0) is 31.7. The number of benzene rings is 4. The molecule has 0 fully saturated rings. The van der Waals surface area contributed by atoms with Gasteiger partial charge >= 0.3 is 0 Å². The fourth-order valence-corrected chi connectivity index (χ4v) is 6.46. The van der Waals surface area contributed by atoms with E-state index in [1.165, 1.54) is 23.1 Å². The quantitative estimate of drug-likeness (QED) is 0.185. The smallest absolute Gasteiger partial charge is 0.264 e. The molecule has 0 aliphatic rings. The average Bonchev–Trinajstić information content (AvgIpc) is 3.03. The van der Waals surface area contributed by atoms with Crippen molar-refractivity contribution in [3.05, 3.63) is 131 Å². The van der Waals surface area contributed by atoms with Gasteiger partial charge in [0.15, 0.2) is 0 Å². The molecule has 0 aliphatic carbocycles. The molecule has 230 valence electrons. The molecular formula is C35H38ClN3O4S. The van der Waals surface area contributed by atoms with E-state index in [2.05, 4.69) is 5.32 Å². The van der Waals surface area contributed by atoms with E-state index in [1.807, 2.05) is 75.4 Å². The molecule has 0 saturated carbocycles. The molecular weight excluding hydrogens is 594 g/mol. The van der Waals surface area contributed by atoms with Crippen LogP contribution in [0.25, 0.3) is 0 Å². The maximum atomic E-state index is 14.5. The summed E-state index contributed by atoms with van der Waals surface area (Å²) in [6.07, 6.45) is 0.969. The van der Waals surface area contributed by atoms with Crippen LogP contribution in [0.4, 0.5) is 5.69 Å². The van der Waals surface area contributed by atoms with Crippen molar-refractivity contribution < 1.29 is 18.0 Å². The molecule has 4 aromatic carbocycles. The zero-order valence-electron chi connectivity index (χ0n) is 25.2. The molecule has 0 aliphatic heterocycles. The molecule has 0 spiro atoms. The highest BCUT2D eigenvalue weighted by atomic mass is 35.5. The summed E-state index contributed by atoms with van der Waals surface area (Å²) in [6.45, 7) is 5.42. The van der Waals surface area contributed by atoms with E-state index in [0.717, 1.165) is 21.0 Å². The monoisotopic (exact) mass is 631 g/mol. The predicted octanol–water partition coefficient (Wildman–Crippen LogP) is 6.40. The van der Waals surface area contributed by atoms with Crippen LogP contribution in [-0.4, -0.2) is 43.8 Å². The molecule has 4 aromatic rings. The summed E-state index contributed by atoms with van der Waals surface area (Å²) >= 11 is 6.28. The zero-order valence-corrected chi connectivity index (χ0v) is 26.8. The van der Waals surface area contributed by atoms with Gasteiger partial charge < -0.3 is 10.2 Å². The van der Waals surface area contributed by atoms with Crippen LogP contribution in [0.5, 0.6) is 0 Å². The average molecular weight is 632 g/mol. The lowest BCUT2D eigenvalue weighted by molar-refractivity contribution is -0.140. The first-order chi connectivity index (χ1) is 21.1. The number of hydrogen-bond acceptors (Lipinski definition) is 4. The van der Waals surface area contributed by atoms with Crippen LogP contribution < -0.4 is 9.62 Å². The van der Waals surface area contributed by atoms with E-state index in [-0.39, 0.29) is 35.5 Å². The van der Waals surface area contributed by atoms with Gasteiger partial charge in [-0.3, -0.25) is 13.9 Å². The Morgan fingerprint density at radius 2 is 1.50 bits per heavy atom. The van der Waals surface area contributed by atoms with Crippen LogP contribution in [0.1, 0.15) is 37.0 Å². The highest BCUT2D eigenvalue weighted by molar-refractivity contribution is 7.92. The number of nitrogens with zero attached hydrogens (tertiary/aromatic N) is 2. The topological polar surface area (TPSA) is 86.8 Å². The van der Waals surface area contributed by atoms with Gasteiger partial charge in [-0.05, 0) is 67.3 Å². The summed E-state index contributed by atoms with van der Waals surface area (Å²) in [5.41, 5.74) is 2.93. The number of aryl methyl sites for hydroxylation is 1. The largest absolute Gasteiger partial charge is 0.352 e. The highest BCUT2D eigenvalue weighted by Crippen LogP contribution is 2.27. The summed E-state index contributed by atoms with van der Waals surface area (Å²) in [7, 11) is -4.18. The minimum atomic E-state index is -4.18. The Balaban J connectivity index is 1.81. The van der Waals surface area contributed by atoms with Crippen LogP contribution in [0.15, 0.2) is 114 Å². The number of carbonyl (C=O) groups excluding carboxylic acids is 2. The van der Waals surface area contributed by atoms with E-state index in [1.54, 1.807) is 36.4 Å². The van der Waals surface area contributed by atoms with Crippen LogP contribution in [-0.2, 0) is 32.6 Å². The van der Waals surface area contributed by atoms with Crippen molar-refractivity contribution in [3.8, 4) is 0 Å². The molecule has 4 rings (SSSR count). The summed E-state index contributed by atoms with van der Waals surface area (Å²) in [6, 6.07) is 30.5. The maximum Gasteiger partial charge on any atom is 0.264 e. The Bertz CT molecular complexity index is 1670. The summed E-state index contributed by atoms with van der Waals surface area (Å²) in [5.74, 6) is -0.821. The second-order valence-electron chi connectivity index (χ2n) is 10.8. The Kier molecular flexibility index (Phi) is 11.2. The molecule has 1 N–H and O–H groups in total. The van der Waals surface area contributed by atoms with Gasteiger partial charge in [0.05, 0.1) is 10.6 Å². The van der Waals surface area contributed by atoms with Crippen LogP contribution in [0, 0.1) is 6.92 Å². The third kappa shape index (κ3) is 8.27. The van der Waals surface area contributed by atoms with Gasteiger partial charge in [-0.25, -0.2) is 8.42 Å². The maximum absolute atomic E-state index is 14.5. The summed E-state index contributed by atoms with van der Waals surface area (Å²) in [5, 5.41) is 3.38. The van der Waals surface area contributed by atoms with Crippen molar-refractivity contribution >= 4 is 39.1 Å². The molecule has 7 nitrogen and oxygen atoms in total. The third-order valence-electron chi connectivity index (χ3n) is 7.58. The van der Waals surface area contributed by atoms with E-state index in [9.17, 15) is 18.0 Å². The number of anilines is 1. The first kappa shape index (κ1) is 32.8. The van der Waals surface area contributed by atoms with Crippen molar-refractivity contribution in [1.29, 1.82) is 0 Å². The van der Waals surface area contributed by atoms with E-state index < -0.39 is 28.5 Å². The molecule has 0 aromatic heterocycles. The molecule has 2 amide bonds. The number of nitrogens with one attached hydrogen (secondary N) is 1. The first-order valence-electron chi connectivity index (χ1n) is 14.6. The highest BCUT2D eigenvalue weighted by Gasteiger charge is 2.35. The molecule has 0 radical (unpaired) electrons. The SMILES string of the molecule is CC[C@H](C)NC(=O)[C@@H](Cc1ccccc1)N(Cc1ccccc1C)C(=O)CN(c1cccc(Cl)c1)S(=O)(=O)c1ccccc1. The lowest BCUT2D eigenvalue weighted by atomic mass is 10.0. The predicted molar refractivity (Wildman–Crippen MR) is 176 cm³/mol. The minimum absolute atomic E-state index is 0.0357. The van der Waals surface area contributed by atoms with Crippen molar-refractivity contribution in [2.75, 3.05) is 10.8 Å². The third-order valence-corrected chi connectivity index (χ3v) is 9.60. The molecule has 44 heavy (non-hydrogen) atoms. The van der Waals surface area contributed by atoms with Crippen molar-refractivity contribution in [1.82, 2.24) is 10.2 Å². The molecule has 0 bridgehead atoms. The Morgan fingerprint density at radius 1 is 0.864 bits per heavy atom. The van der Waals surface area contributed by atoms with Gasteiger partial charge in [-0.15, -0.1) is 0 Å². The number of sulfonamides is 1. The van der Waals surface area contributed by atoms with Gasteiger partial charge in [0, 0.05) is 24.0 Å². The lowest BCUT2D eigenvalue weighted by Gasteiger charge is -2.34. The number of hydrogen-bond donors (Lipinski definition) is 1. The van der Waals surface area contributed by atoms with Crippen molar-refractivity contribution in [3.63, 3.8) is 0 Å². The fourth-order valence-electron chi connectivity index (χ4n) is 4.85. The van der Waals surface area contributed by atoms with Gasteiger partial charge in [0.25, 0.3) is 10.0 Å². The van der Waals surface area contributed by atoms with E-state index in [0.29, 0.717) is 11.4 Å². The Morgan fingerprint density at radius 3 is 2.14 bits per heavy atom. The molecule has 9 heteroatoms. The number of amides is 2. The summed E-state index contributed by atoms with van der Waals surface area (Å²) in [4.78, 5) is 29.9. The second-order valence-corrected chi connectivity index (χ2v) is 13.1. The van der Waals surface area contributed by atoms with Crippen molar-refractivity contribution in [2.24, 2.45) is 0 Å². The standard InChI is InChI=1S/C35H38ClN3O4S/c1-4-27(3)37-35(41)33(22-28-15-7-5-8-16-28)38(24-29-17-12-11-14-26(29)2)34(40)25-39(31-19-13-18-30(36)23-31)44(42,43)32-20-9-6-10-21-32/h5-21,23,27,33H,4,22,24-25H2,1-3H3,(H,37,41)/t27-,33+/m0/s1. The van der Waals surface area contributed by atoms with Crippen LogP contribution in [0.3, 0.4) is 0 Å². The lowest BCUT2D eigenvalue weighted by Crippen LogP contribution is -2.54. The van der Waals surface area contributed by atoms with Gasteiger partial charge in [-0.2, -0.15) is 0 Å². The van der Waals surface area contributed by atoms with Gasteiger partial charge in [-0.1, -0.05) is 97.4 Å². The fraction of sp³-hybridized carbons (Fsp3) is 0.257. The van der Waals surface area contributed by atoms with Crippen LogP contribution >= 0.6 is 11.6 Å².